The van der Waals surface area contributed by atoms with Crippen LogP contribution in [0.25, 0.3) is 98.8 Å². The number of fused-ring (bicyclic) bond motifs is 6. The molecule has 1 aliphatic carbocycles. The molecule has 0 N–H and O–H groups in total. The van der Waals surface area contributed by atoms with Crippen molar-refractivity contribution in [3.8, 4) is 78.7 Å². The van der Waals surface area contributed by atoms with Gasteiger partial charge in [0.2, 0.25) is 0 Å². The van der Waals surface area contributed by atoms with Crippen molar-refractivity contribution in [1.29, 1.82) is 0 Å². The second-order valence-electron chi connectivity index (χ2n) is 14.4. The summed E-state index contributed by atoms with van der Waals surface area (Å²) in [4.78, 5) is 15.1. The summed E-state index contributed by atoms with van der Waals surface area (Å²) in [5, 5.41) is 2.58. The van der Waals surface area contributed by atoms with Crippen LogP contribution in [-0.4, -0.2) is 15.0 Å². The molecule has 0 saturated carbocycles. The minimum absolute atomic E-state index is 0.644. The molecule has 56 heavy (non-hydrogen) atoms. The van der Waals surface area contributed by atoms with E-state index in [1.807, 2.05) is 41.7 Å². The number of hydrogen-bond acceptors (Lipinski definition) is 4. The lowest BCUT2D eigenvalue weighted by Gasteiger charge is -2.11. The van der Waals surface area contributed by atoms with Crippen molar-refractivity contribution in [1.82, 2.24) is 15.0 Å². The van der Waals surface area contributed by atoms with Gasteiger partial charge in [-0.1, -0.05) is 158 Å². The number of nitrogens with zero attached hydrogens (tertiary/aromatic N) is 3. The Hall–Kier alpha value is -7.01. The van der Waals surface area contributed by atoms with Crippen molar-refractivity contribution in [3.05, 3.63) is 199 Å². The lowest BCUT2D eigenvalue weighted by atomic mass is 9.96. The molecule has 2 aromatic heterocycles. The molecule has 11 rings (SSSR count). The largest absolute Gasteiger partial charge is 0.208 e. The summed E-state index contributed by atoms with van der Waals surface area (Å²) in [5.41, 5.74) is 15.4. The average Bonchev–Trinajstić information content (AvgIpc) is 3.84. The molecule has 0 radical (unpaired) electrons. The Bertz CT molecular complexity index is 3090. The lowest BCUT2D eigenvalue weighted by Crippen LogP contribution is -2.00. The van der Waals surface area contributed by atoms with Gasteiger partial charge < -0.3 is 0 Å². The molecule has 2 heterocycles. The highest BCUT2D eigenvalue weighted by Gasteiger charge is 2.19. The van der Waals surface area contributed by atoms with Crippen molar-refractivity contribution in [2.75, 3.05) is 0 Å². The zero-order chi connectivity index (χ0) is 37.0. The number of benzene rings is 8. The van der Waals surface area contributed by atoms with Crippen molar-refractivity contribution in [3.63, 3.8) is 0 Å². The van der Waals surface area contributed by atoms with Crippen LogP contribution in [0.5, 0.6) is 0 Å². The van der Waals surface area contributed by atoms with Crippen LogP contribution in [0.1, 0.15) is 11.1 Å². The molecule has 0 aliphatic heterocycles. The summed E-state index contributed by atoms with van der Waals surface area (Å²) >= 11 is 1.84. The van der Waals surface area contributed by atoms with Crippen molar-refractivity contribution in [2.45, 2.75) is 6.42 Å². The molecule has 10 aromatic rings. The standard InChI is InChI=1S/C52H33N3S/c1-2-9-36(10-3-1)50-53-51(55-52(54-50)43-13-8-12-38(29-43)40-27-28-49-47(32-40)45-15-6-7-16-48(45)56-49)37-23-21-34(22-24-37)33-17-19-35(20-18-33)39-25-26-42-30-41-11-4-5-14-44(41)46(42)31-39/h1-29,31-32H,30H2. The maximum atomic E-state index is 5.08. The molecule has 0 fully saturated rings. The Morgan fingerprint density at radius 3 is 1.59 bits per heavy atom. The van der Waals surface area contributed by atoms with Gasteiger partial charge in [-0.3, -0.25) is 0 Å². The van der Waals surface area contributed by atoms with Gasteiger partial charge in [-0.2, -0.15) is 0 Å². The van der Waals surface area contributed by atoms with Crippen LogP contribution in [0.15, 0.2) is 188 Å². The molecule has 4 heteroatoms. The minimum Gasteiger partial charge on any atom is -0.208 e. The highest BCUT2D eigenvalue weighted by atomic mass is 32.1. The highest BCUT2D eigenvalue weighted by Crippen LogP contribution is 2.40. The van der Waals surface area contributed by atoms with Crippen molar-refractivity contribution >= 4 is 31.5 Å². The number of rotatable bonds is 6. The Labute approximate surface area is 329 Å². The Morgan fingerprint density at radius 2 is 0.804 bits per heavy atom. The third kappa shape index (κ3) is 5.79. The Morgan fingerprint density at radius 1 is 0.304 bits per heavy atom. The van der Waals surface area contributed by atoms with Crippen LogP contribution in [0.2, 0.25) is 0 Å². The van der Waals surface area contributed by atoms with Gasteiger partial charge in [-0.25, -0.2) is 15.0 Å². The molecular weight excluding hydrogens is 699 g/mol. The van der Waals surface area contributed by atoms with Crippen LogP contribution in [0.4, 0.5) is 0 Å². The SMILES string of the molecule is c1ccc(-c2nc(-c3ccc(-c4ccc(-c5ccc6c(c5)-c5ccccc5C6)cc4)cc3)nc(-c3cccc(-c4ccc5sc6ccccc6c5c4)c3)n2)cc1. The van der Waals surface area contributed by atoms with E-state index in [1.54, 1.807) is 0 Å². The summed E-state index contributed by atoms with van der Waals surface area (Å²) in [6.45, 7) is 0. The molecule has 8 aromatic carbocycles. The van der Waals surface area contributed by atoms with Crippen molar-refractivity contribution in [2.24, 2.45) is 0 Å². The van der Waals surface area contributed by atoms with E-state index in [2.05, 4.69) is 158 Å². The summed E-state index contributed by atoms with van der Waals surface area (Å²) in [5.74, 6) is 1.94. The fourth-order valence-electron chi connectivity index (χ4n) is 8.06. The predicted octanol–water partition coefficient (Wildman–Crippen LogP) is 13.8. The topological polar surface area (TPSA) is 38.7 Å². The van der Waals surface area contributed by atoms with Gasteiger partial charge in [-0.05, 0) is 92.4 Å². The van der Waals surface area contributed by atoms with Crippen LogP contribution < -0.4 is 0 Å². The first-order chi connectivity index (χ1) is 27.7. The molecule has 0 atom stereocenters. The monoisotopic (exact) mass is 731 g/mol. The zero-order valence-corrected chi connectivity index (χ0v) is 31.2. The molecule has 0 bridgehead atoms. The lowest BCUT2D eigenvalue weighted by molar-refractivity contribution is 1.07. The average molecular weight is 732 g/mol. The maximum absolute atomic E-state index is 5.08. The van der Waals surface area contributed by atoms with Gasteiger partial charge in [0.15, 0.2) is 17.5 Å². The van der Waals surface area contributed by atoms with E-state index in [9.17, 15) is 0 Å². The molecule has 3 nitrogen and oxygen atoms in total. The van der Waals surface area contributed by atoms with Crippen LogP contribution in [0.3, 0.4) is 0 Å². The number of aromatic nitrogens is 3. The first-order valence-electron chi connectivity index (χ1n) is 19.0. The normalized spacial score (nSPS) is 11.9. The summed E-state index contributed by atoms with van der Waals surface area (Å²) < 4.78 is 2.60. The molecule has 0 saturated heterocycles. The summed E-state index contributed by atoms with van der Waals surface area (Å²) in [6.07, 6.45) is 1.01. The van der Waals surface area contributed by atoms with Crippen LogP contribution in [-0.2, 0) is 6.42 Å². The highest BCUT2D eigenvalue weighted by molar-refractivity contribution is 7.25. The number of hydrogen-bond donors (Lipinski definition) is 0. The van der Waals surface area contributed by atoms with E-state index in [-0.39, 0.29) is 0 Å². The van der Waals surface area contributed by atoms with Gasteiger partial charge in [0.1, 0.15) is 0 Å². The molecule has 1 aliphatic rings. The van der Waals surface area contributed by atoms with Gasteiger partial charge in [0.05, 0.1) is 0 Å². The van der Waals surface area contributed by atoms with E-state index in [0.717, 1.165) is 34.2 Å². The smallest absolute Gasteiger partial charge is 0.164 e. The van der Waals surface area contributed by atoms with Gasteiger partial charge in [-0.15, -0.1) is 11.3 Å². The van der Waals surface area contributed by atoms with E-state index in [4.69, 9.17) is 15.0 Å². The Kier molecular flexibility index (Phi) is 7.75. The fraction of sp³-hybridized carbons (Fsp3) is 0.0192. The predicted molar refractivity (Wildman–Crippen MR) is 234 cm³/mol. The van der Waals surface area contributed by atoms with E-state index in [0.29, 0.717) is 17.5 Å². The van der Waals surface area contributed by atoms with Gasteiger partial charge in [0.25, 0.3) is 0 Å². The second-order valence-corrected chi connectivity index (χ2v) is 15.5. The van der Waals surface area contributed by atoms with Crippen LogP contribution in [0, 0.1) is 0 Å². The van der Waals surface area contributed by atoms with Gasteiger partial charge in [0, 0.05) is 36.9 Å². The number of thiophene rings is 1. The fourth-order valence-corrected chi connectivity index (χ4v) is 9.15. The quantitative estimate of drug-likeness (QED) is 0.171. The third-order valence-electron chi connectivity index (χ3n) is 11.0. The first kappa shape index (κ1) is 32.4. The maximum Gasteiger partial charge on any atom is 0.164 e. The molecule has 262 valence electrons. The van der Waals surface area contributed by atoms with Gasteiger partial charge >= 0.3 is 0 Å². The molecule has 0 spiro atoms. The molecule has 0 amide bonds. The molecular formula is C52H33N3S. The van der Waals surface area contributed by atoms with E-state index in [1.165, 1.54) is 64.7 Å². The van der Waals surface area contributed by atoms with E-state index < -0.39 is 0 Å². The van der Waals surface area contributed by atoms with Crippen LogP contribution >= 0.6 is 11.3 Å². The van der Waals surface area contributed by atoms with Crippen molar-refractivity contribution < 1.29 is 0 Å². The Balaban J connectivity index is 0.913. The second kappa shape index (κ2) is 13.4. The summed E-state index contributed by atoms with van der Waals surface area (Å²) in [7, 11) is 0. The first-order valence-corrected chi connectivity index (χ1v) is 19.8. The third-order valence-corrected chi connectivity index (χ3v) is 12.1. The zero-order valence-electron chi connectivity index (χ0n) is 30.4. The molecule has 0 unspecified atom stereocenters. The summed E-state index contributed by atoms with van der Waals surface area (Å²) in [6, 6.07) is 67.2. The minimum atomic E-state index is 0.644. The van der Waals surface area contributed by atoms with E-state index >= 15 is 0 Å².